The molecule has 1 saturated heterocycles. The van der Waals surface area contributed by atoms with E-state index < -0.39 is 17.7 Å². The van der Waals surface area contributed by atoms with E-state index in [-0.39, 0.29) is 11.5 Å². The van der Waals surface area contributed by atoms with E-state index in [9.17, 15) is 4.79 Å². The predicted octanol–water partition coefficient (Wildman–Crippen LogP) is 7.72. The average Bonchev–Trinajstić information content (AvgIpc) is 3.44. The fourth-order valence-corrected chi connectivity index (χ4v) is 6.55. The van der Waals surface area contributed by atoms with Crippen LogP contribution in [-0.4, -0.2) is 60.2 Å². The summed E-state index contributed by atoms with van der Waals surface area (Å²) in [5.41, 5.74) is 7.91. The highest BCUT2D eigenvalue weighted by Crippen LogP contribution is 2.42. The Morgan fingerprint density at radius 3 is 2.50 bits per heavy atom. The van der Waals surface area contributed by atoms with Gasteiger partial charge in [0.05, 0.1) is 48.4 Å². The molecular weight excluding hydrogens is 578 g/mol. The van der Waals surface area contributed by atoms with Gasteiger partial charge < -0.3 is 23.8 Å². The van der Waals surface area contributed by atoms with E-state index in [1.54, 1.807) is 0 Å². The van der Waals surface area contributed by atoms with Crippen molar-refractivity contribution in [3.8, 4) is 28.1 Å². The first kappa shape index (κ1) is 32.1. The van der Waals surface area contributed by atoms with Crippen LogP contribution in [0.5, 0.6) is 5.75 Å². The van der Waals surface area contributed by atoms with Gasteiger partial charge in [0, 0.05) is 41.9 Å². The molecule has 7 rings (SSSR count). The molecule has 0 spiro atoms. The lowest BCUT2D eigenvalue weighted by molar-refractivity contribution is -0.164. The number of carbonyl (C=O) groups excluding carboxylic acids is 1. The average molecular weight is 626 g/mol. The molecule has 244 valence electrons. The Kier molecular flexibility index (Phi) is 8.63. The Labute approximate surface area is 272 Å². The lowest BCUT2D eigenvalue weighted by atomic mass is 9.91. The van der Waals surface area contributed by atoms with Crippen molar-refractivity contribution in [1.29, 1.82) is 0 Å². The minimum atomic E-state index is -0.894. The second-order valence-electron chi connectivity index (χ2n) is 14.3. The first-order valence-corrected chi connectivity index (χ1v) is 16.4. The number of ether oxygens (including phenoxy) is 4. The highest BCUT2D eigenvalue weighted by atomic mass is 16.6. The van der Waals surface area contributed by atoms with Gasteiger partial charge in [-0.1, -0.05) is 36.8 Å². The van der Waals surface area contributed by atoms with Crippen molar-refractivity contribution in [2.45, 2.75) is 78.6 Å². The fraction of sp³-hybridized carbons (Fsp3) is 0.474. The third-order valence-corrected chi connectivity index (χ3v) is 9.10. The summed E-state index contributed by atoms with van der Waals surface area (Å²) in [6, 6.07) is 16.9. The van der Waals surface area contributed by atoms with Crippen LogP contribution in [0.25, 0.3) is 27.9 Å². The molecule has 0 saturated carbocycles. The largest absolute Gasteiger partial charge is 0.493 e. The van der Waals surface area contributed by atoms with Crippen LogP contribution in [0.1, 0.15) is 70.3 Å². The summed E-state index contributed by atoms with van der Waals surface area (Å²) in [7, 11) is 1.42. The van der Waals surface area contributed by atoms with Gasteiger partial charge in [0.25, 0.3) is 0 Å². The standard InChI is InChI=1S/C38H47N3O5/c1-24-12-13-32-29(18-24)27-10-9-11-28(19-27)30-20-31-34(40-16-14-38(7,15-17-40)45-23-25(2)22-44-32)33(26(3)21-41(31)39-30)35(36(42)43-8)46-37(4,5)6/h9-13,18-21,25,35H,14-17,22-23H2,1-8H3/t25?,35-/m0/s1. The molecule has 8 heteroatoms. The van der Waals surface area contributed by atoms with Crippen molar-refractivity contribution in [2.24, 2.45) is 5.92 Å². The first-order chi connectivity index (χ1) is 21.8. The highest BCUT2D eigenvalue weighted by Gasteiger charge is 2.37. The number of hydrogen-bond donors (Lipinski definition) is 0. The summed E-state index contributed by atoms with van der Waals surface area (Å²) >= 11 is 0. The third-order valence-electron chi connectivity index (χ3n) is 9.10. The zero-order valence-corrected chi connectivity index (χ0v) is 28.5. The zero-order valence-electron chi connectivity index (χ0n) is 28.5. The number of hydrogen-bond acceptors (Lipinski definition) is 7. The number of rotatable bonds is 3. The van der Waals surface area contributed by atoms with Gasteiger partial charge in [0.15, 0.2) is 6.10 Å². The molecule has 2 aromatic heterocycles. The molecule has 0 aliphatic carbocycles. The number of nitrogens with zero attached hydrogens (tertiary/aromatic N) is 3. The van der Waals surface area contributed by atoms with E-state index in [0.29, 0.717) is 13.2 Å². The second kappa shape index (κ2) is 12.4. The summed E-state index contributed by atoms with van der Waals surface area (Å²) in [5, 5.41) is 5.09. The van der Waals surface area contributed by atoms with Crippen LogP contribution in [0, 0.1) is 19.8 Å². The molecule has 5 heterocycles. The Morgan fingerprint density at radius 1 is 1.04 bits per heavy atom. The fourth-order valence-electron chi connectivity index (χ4n) is 6.55. The second-order valence-corrected chi connectivity index (χ2v) is 14.3. The van der Waals surface area contributed by atoms with Crippen LogP contribution in [0.15, 0.2) is 54.7 Å². The molecule has 0 radical (unpaired) electrons. The Bertz CT molecular complexity index is 1750. The highest BCUT2D eigenvalue weighted by molar-refractivity contribution is 5.88. The molecule has 1 unspecified atom stereocenters. The maximum absolute atomic E-state index is 13.4. The van der Waals surface area contributed by atoms with E-state index in [1.165, 1.54) is 12.7 Å². The lowest BCUT2D eigenvalue weighted by Crippen LogP contribution is -2.45. The van der Waals surface area contributed by atoms with Crippen molar-refractivity contribution < 1.29 is 23.7 Å². The number of pyridine rings is 1. The van der Waals surface area contributed by atoms with E-state index in [1.807, 2.05) is 38.4 Å². The Morgan fingerprint density at radius 2 is 1.78 bits per heavy atom. The maximum Gasteiger partial charge on any atom is 0.339 e. The molecule has 4 aromatic rings. The predicted molar refractivity (Wildman–Crippen MR) is 182 cm³/mol. The van der Waals surface area contributed by atoms with Gasteiger partial charge in [-0.05, 0) is 89.8 Å². The summed E-state index contributed by atoms with van der Waals surface area (Å²) < 4.78 is 26.8. The number of aromatic nitrogens is 2. The number of carbonyl (C=O) groups is 1. The number of esters is 1. The monoisotopic (exact) mass is 625 g/mol. The van der Waals surface area contributed by atoms with Crippen LogP contribution >= 0.6 is 0 Å². The molecule has 0 amide bonds. The number of aryl methyl sites for hydroxylation is 2. The summed E-state index contributed by atoms with van der Waals surface area (Å²) in [5.74, 6) is 0.662. The number of anilines is 1. The van der Waals surface area contributed by atoms with Gasteiger partial charge in [-0.15, -0.1) is 0 Å². The van der Waals surface area contributed by atoms with Crippen LogP contribution in [0.4, 0.5) is 5.69 Å². The van der Waals surface area contributed by atoms with Crippen molar-refractivity contribution in [3.05, 3.63) is 71.4 Å². The number of methoxy groups -OCH3 is 1. The SMILES string of the molecule is COC(=O)[C@@H](OC(C)(C)C)c1c(C)cn2nc3cc2c1N1CCC(C)(CC1)OCC(C)COc1ccc(C)cc1-c1cccc-3c1. The summed E-state index contributed by atoms with van der Waals surface area (Å²) in [6.45, 7) is 17.1. The van der Waals surface area contributed by atoms with Crippen molar-refractivity contribution in [3.63, 3.8) is 0 Å². The molecule has 46 heavy (non-hydrogen) atoms. The molecule has 0 N–H and O–H groups in total. The van der Waals surface area contributed by atoms with Crippen LogP contribution in [0.3, 0.4) is 0 Å². The van der Waals surface area contributed by atoms with Gasteiger partial charge in [-0.3, -0.25) is 0 Å². The van der Waals surface area contributed by atoms with Crippen molar-refractivity contribution in [2.75, 3.05) is 38.3 Å². The lowest BCUT2D eigenvalue weighted by Gasteiger charge is -2.42. The molecular formula is C38H47N3O5. The molecule has 1 fully saturated rings. The number of benzene rings is 2. The molecule has 2 aromatic carbocycles. The molecule has 6 bridgehead atoms. The van der Waals surface area contributed by atoms with Gasteiger partial charge in [0.2, 0.25) is 0 Å². The quantitative estimate of drug-likeness (QED) is 0.216. The molecule has 3 aliphatic rings. The van der Waals surface area contributed by atoms with Crippen LogP contribution in [0.2, 0.25) is 0 Å². The van der Waals surface area contributed by atoms with E-state index >= 15 is 0 Å². The minimum Gasteiger partial charge on any atom is -0.493 e. The molecule has 2 atom stereocenters. The molecule has 8 nitrogen and oxygen atoms in total. The Balaban J connectivity index is 1.57. The van der Waals surface area contributed by atoms with Crippen molar-refractivity contribution >= 4 is 17.2 Å². The van der Waals surface area contributed by atoms with Gasteiger partial charge >= 0.3 is 5.97 Å². The zero-order chi connectivity index (χ0) is 32.8. The summed E-state index contributed by atoms with van der Waals surface area (Å²) in [4.78, 5) is 15.8. The molecule has 3 aliphatic heterocycles. The van der Waals surface area contributed by atoms with Gasteiger partial charge in [-0.2, -0.15) is 5.10 Å². The number of fused-ring (bicyclic) bond motifs is 6. The first-order valence-electron chi connectivity index (χ1n) is 16.4. The Hall–Kier alpha value is -3.88. The normalized spacial score (nSPS) is 21.0. The maximum atomic E-state index is 13.4. The van der Waals surface area contributed by atoms with E-state index in [0.717, 1.165) is 76.4 Å². The minimum absolute atomic E-state index is 0.217. The topological polar surface area (TPSA) is 74.5 Å². The number of piperidine rings is 1. The van der Waals surface area contributed by atoms with Gasteiger partial charge in [-0.25, -0.2) is 9.31 Å². The third kappa shape index (κ3) is 6.51. The van der Waals surface area contributed by atoms with Gasteiger partial charge in [0.1, 0.15) is 5.75 Å². The van der Waals surface area contributed by atoms with E-state index in [2.05, 4.69) is 74.2 Å². The van der Waals surface area contributed by atoms with Crippen molar-refractivity contribution in [1.82, 2.24) is 9.61 Å². The summed E-state index contributed by atoms with van der Waals surface area (Å²) in [6.07, 6.45) is 2.79. The smallest absolute Gasteiger partial charge is 0.339 e. The van der Waals surface area contributed by atoms with E-state index in [4.69, 9.17) is 24.0 Å². The van der Waals surface area contributed by atoms with Crippen LogP contribution < -0.4 is 9.64 Å². The van der Waals surface area contributed by atoms with Crippen LogP contribution in [-0.2, 0) is 19.0 Å².